The number of carbonyl (C=O) groups is 2. The molecule has 0 saturated carbocycles. The quantitative estimate of drug-likeness (QED) is 0.606. The van der Waals surface area contributed by atoms with Gasteiger partial charge in [-0.2, -0.15) is 0 Å². The van der Waals surface area contributed by atoms with Gasteiger partial charge in [-0.25, -0.2) is 4.79 Å². The van der Waals surface area contributed by atoms with E-state index >= 15 is 0 Å². The van der Waals surface area contributed by atoms with Crippen molar-refractivity contribution in [2.24, 2.45) is 5.10 Å². The Morgan fingerprint density at radius 1 is 1.03 bits per heavy atom. The molecule has 1 N–H and O–H groups in total. The summed E-state index contributed by atoms with van der Waals surface area (Å²) in [6.45, 7) is 2.68. The van der Waals surface area contributed by atoms with E-state index in [1.54, 1.807) is 26.3 Å². The number of rotatable bonds is 4. The van der Waals surface area contributed by atoms with Gasteiger partial charge in [0.2, 0.25) is 4.80 Å². The van der Waals surface area contributed by atoms with Crippen molar-refractivity contribution in [1.29, 1.82) is 0 Å². The average molecular weight is 489 g/mol. The molecule has 2 unspecified atom stereocenters. The van der Waals surface area contributed by atoms with Gasteiger partial charge in [0.15, 0.2) is 12.3 Å². The Hall–Kier alpha value is -3.92. The summed E-state index contributed by atoms with van der Waals surface area (Å²) in [6, 6.07) is 16.6. The molecule has 2 atom stereocenters. The maximum atomic E-state index is 13.9. The second-order valence-electron chi connectivity index (χ2n) is 8.79. The third kappa shape index (κ3) is 3.06. The third-order valence-corrected chi connectivity index (χ3v) is 7.81. The number of nitrogens with one attached hydrogen (secondary N) is 1. The number of hydrogen-bond donors (Lipinski definition) is 1. The van der Waals surface area contributed by atoms with Crippen molar-refractivity contribution in [3.63, 3.8) is 0 Å². The third-order valence-electron chi connectivity index (χ3n) is 6.76. The van der Waals surface area contributed by atoms with E-state index in [0.29, 0.717) is 27.1 Å². The van der Waals surface area contributed by atoms with Gasteiger partial charge in [0.25, 0.3) is 11.5 Å². The maximum Gasteiger partial charge on any atom is 0.327 e. The Balaban J connectivity index is 1.57. The van der Waals surface area contributed by atoms with Crippen LogP contribution < -0.4 is 30.1 Å². The van der Waals surface area contributed by atoms with Gasteiger partial charge < -0.3 is 9.80 Å². The molecule has 10 heteroatoms. The Kier molecular flexibility index (Phi) is 4.99. The van der Waals surface area contributed by atoms with Crippen LogP contribution in [0.15, 0.2) is 64.5 Å². The summed E-state index contributed by atoms with van der Waals surface area (Å²) in [5, 5.41) is 4.42. The molecule has 3 aliphatic rings. The number of para-hydroxylation sites is 2. The van der Waals surface area contributed by atoms with Crippen LogP contribution in [0.3, 0.4) is 0 Å². The van der Waals surface area contributed by atoms with Crippen LogP contribution in [-0.4, -0.2) is 41.2 Å². The molecule has 0 spiro atoms. The summed E-state index contributed by atoms with van der Waals surface area (Å²) < 4.78 is 1.89. The summed E-state index contributed by atoms with van der Waals surface area (Å²) >= 11 is 1.18. The zero-order valence-corrected chi connectivity index (χ0v) is 20.2. The molecular weight excluding hydrogens is 464 g/mol. The predicted molar refractivity (Wildman–Crippen MR) is 134 cm³/mol. The normalized spacial score (nSPS) is 22.1. The summed E-state index contributed by atoms with van der Waals surface area (Å²) in [5.74, 6) is -0.167. The molecule has 1 saturated heterocycles. The van der Waals surface area contributed by atoms with Crippen LogP contribution in [0.4, 0.5) is 16.2 Å². The van der Waals surface area contributed by atoms with E-state index in [-0.39, 0.29) is 17.5 Å². The van der Waals surface area contributed by atoms with Crippen molar-refractivity contribution in [2.45, 2.75) is 32.1 Å². The minimum Gasteiger partial charge on any atom is -0.308 e. The summed E-state index contributed by atoms with van der Waals surface area (Å²) in [4.78, 5) is 46.1. The maximum absolute atomic E-state index is 13.9. The number of nitrogens with zero attached hydrogens (tertiary/aromatic N) is 5. The average Bonchev–Trinajstić information content (AvgIpc) is 3.45. The lowest BCUT2D eigenvalue weighted by Gasteiger charge is -2.29. The zero-order chi connectivity index (χ0) is 24.3. The van der Waals surface area contributed by atoms with Gasteiger partial charge in [0.1, 0.15) is 4.53 Å². The number of likely N-dealkylation sites (N-methyl/N-ethyl adjacent to an activating group) is 1. The molecule has 3 aliphatic heterocycles. The molecule has 35 heavy (non-hydrogen) atoms. The summed E-state index contributed by atoms with van der Waals surface area (Å²) in [6.07, 6.45) is 0.676. The topological polar surface area (TPSA) is 90.2 Å². The first-order valence-corrected chi connectivity index (χ1v) is 12.5. The van der Waals surface area contributed by atoms with Gasteiger partial charge in [-0.15, -0.1) is 5.10 Å². The first kappa shape index (κ1) is 21.6. The zero-order valence-electron chi connectivity index (χ0n) is 19.3. The van der Waals surface area contributed by atoms with E-state index < -0.39 is 12.3 Å². The Bertz CT molecular complexity index is 1530. The van der Waals surface area contributed by atoms with E-state index in [0.717, 1.165) is 24.1 Å². The number of unbranched alkanes of at least 4 members (excludes halogenated alkanes) is 1. The predicted octanol–water partition coefficient (Wildman–Crippen LogP) is 1.79. The highest BCUT2D eigenvalue weighted by Crippen LogP contribution is 2.36. The molecule has 6 rings (SSSR count). The molecule has 2 aromatic carbocycles. The van der Waals surface area contributed by atoms with Crippen LogP contribution >= 0.6 is 11.3 Å². The van der Waals surface area contributed by atoms with Crippen molar-refractivity contribution in [3.8, 4) is 0 Å². The minimum absolute atomic E-state index is 0.167. The van der Waals surface area contributed by atoms with Crippen LogP contribution in [-0.2, 0) is 4.79 Å². The second kappa shape index (κ2) is 8.09. The second-order valence-corrected chi connectivity index (χ2v) is 9.77. The van der Waals surface area contributed by atoms with Crippen LogP contribution in [0, 0.1) is 0 Å². The molecule has 0 radical (unpaired) electrons. The molecule has 0 aliphatic carbocycles. The van der Waals surface area contributed by atoms with Gasteiger partial charge in [-0.3, -0.25) is 24.5 Å². The fourth-order valence-corrected chi connectivity index (χ4v) is 6.07. The van der Waals surface area contributed by atoms with Gasteiger partial charge in [0.05, 0.1) is 11.3 Å². The molecule has 3 amide bonds. The highest BCUT2D eigenvalue weighted by Gasteiger charge is 2.49. The van der Waals surface area contributed by atoms with Gasteiger partial charge in [-0.1, -0.05) is 61.1 Å². The number of benzene rings is 2. The monoisotopic (exact) mass is 488 g/mol. The molecule has 3 aromatic rings. The van der Waals surface area contributed by atoms with Crippen LogP contribution in [0.2, 0.25) is 0 Å². The lowest BCUT2D eigenvalue weighted by atomic mass is 10.1. The first-order valence-electron chi connectivity index (χ1n) is 11.6. The Labute approximate surface area is 205 Å². The fourth-order valence-electron chi connectivity index (χ4n) is 5.01. The largest absolute Gasteiger partial charge is 0.327 e. The van der Waals surface area contributed by atoms with Crippen molar-refractivity contribution in [2.75, 3.05) is 23.4 Å². The number of anilines is 2. The number of carbonyl (C=O) groups excluding carboxylic acids is 2. The van der Waals surface area contributed by atoms with E-state index in [4.69, 9.17) is 0 Å². The highest BCUT2D eigenvalue weighted by molar-refractivity contribution is 7.07. The molecule has 1 aromatic heterocycles. The Morgan fingerprint density at radius 3 is 2.54 bits per heavy atom. The SMILES string of the molecule is CCCCN1C(=O)/C(=c2\sc3n(c2=O)C2C(NN=3)N(C)C(=O)N2c2ccccc2)c2ccccc21. The van der Waals surface area contributed by atoms with E-state index in [9.17, 15) is 14.4 Å². The Morgan fingerprint density at radius 2 is 1.77 bits per heavy atom. The molecule has 4 heterocycles. The van der Waals surface area contributed by atoms with Gasteiger partial charge >= 0.3 is 6.03 Å². The lowest BCUT2D eigenvalue weighted by Crippen LogP contribution is -2.53. The lowest BCUT2D eigenvalue weighted by molar-refractivity contribution is -0.113. The smallest absolute Gasteiger partial charge is 0.308 e. The molecule has 1 fully saturated rings. The van der Waals surface area contributed by atoms with E-state index in [1.165, 1.54) is 11.3 Å². The number of amides is 3. The molecule has 9 nitrogen and oxygen atoms in total. The standard InChI is InChI=1S/C25H24N6O3S/c1-3-4-14-29-17-13-9-8-12-16(17)18(22(29)32)19-23(33)31-21-20(26-27-24(31)35-19)28(2)25(34)30(21)15-10-6-5-7-11-15/h5-13,20-21,26H,3-4,14H2,1-2H3/b19-18-. The minimum atomic E-state index is -0.636. The molecule has 178 valence electrons. The van der Waals surface area contributed by atoms with Crippen LogP contribution in [0.5, 0.6) is 0 Å². The number of aromatic nitrogens is 1. The number of hydrogen-bond acceptors (Lipinski definition) is 6. The van der Waals surface area contributed by atoms with Crippen molar-refractivity contribution in [1.82, 2.24) is 14.9 Å². The number of fused-ring (bicyclic) bond motifs is 4. The van der Waals surface area contributed by atoms with Crippen LogP contribution in [0.1, 0.15) is 31.5 Å². The number of urea groups is 1. The number of thiazole rings is 1. The fraction of sp³-hybridized carbons (Fsp3) is 0.280. The van der Waals surface area contributed by atoms with Crippen molar-refractivity contribution < 1.29 is 9.59 Å². The van der Waals surface area contributed by atoms with E-state index in [2.05, 4.69) is 17.5 Å². The van der Waals surface area contributed by atoms with Crippen LogP contribution in [0.25, 0.3) is 5.57 Å². The van der Waals surface area contributed by atoms with Crippen molar-refractivity contribution in [3.05, 3.63) is 79.8 Å². The van der Waals surface area contributed by atoms with Gasteiger partial charge in [0, 0.05) is 24.8 Å². The van der Waals surface area contributed by atoms with E-state index in [1.807, 2.05) is 54.6 Å². The summed E-state index contributed by atoms with van der Waals surface area (Å²) in [5.41, 5.74) is 5.41. The summed E-state index contributed by atoms with van der Waals surface area (Å²) in [7, 11) is 1.69. The van der Waals surface area contributed by atoms with Gasteiger partial charge in [-0.05, 0) is 24.6 Å². The van der Waals surface area contributed by atoms with Crippen molar-refractivity contribution >= 4 is 40.2 Å². The molecule has 0 bridgehead atoms. The molecular formula is C25H24N6O3S. The highest BCUT2D eigenvalue weighted by atomic mass is 32.1. The first-order chi connectivity index (χ1) is 17.0.